The molecule has 0 radical (unpaired) electrons. The SMILES string of the molecule is CC1=NC2=C(C(=O)CCC2)[C@@H](c2cccc(F)c2)C1C(=O)OC1CCCC1. The van der Waals surface area contributed by atoms with Crippen LogP contribution in [0.4, 0.5) is 4.39 Å². The van der Waals surface area contributed by atoms with Crippen LogP contribution < -0.4 is 0 Å². The van der Waals surface area contributed by atoms with Crippen molar-refractivity contribution in [1.29, 1.82) is 0 Å². The maximum Gasteiger partial charge on any atom is 0.315 e. The molecule has 1 aliphatic heterocycles. The van der Waals surface area contributed by atoms with E-state index >= 15 is 0 Å². The molecule has 4 rings (SSSR count). The highest BCUT2D eigenvalue weighted by atomic mass is 19.1. The summed E-state index contributed by atoms with van der Waals surface area (Å²) in [6.45, 7) is 1.82. The van der Waals surface area contributed by atoms with Gasteiger partial charge in [-0.3, -0.25) is 14.6 Å². The van der Waals surface area contributed by atoms with Gasteiger partial charge >= 0.3 is 5.97 Å². The number of Topliss-reactive ketones (excluding diaryl/α,β-unsaturated/α-hetero) is 1. The van der Waals surface area contributed by atoms with Crippen LogP contribution in [0.15, 0.2) is 40.5 Å². The third kappa shape index (κ3) is 3.47. The number of allylic oxidation sites excluding steroid dienone is 2. The molecular weight excluding hydrogens is 345 g/mol. The number of esters is 1. The molecule has 1 fully saturated rings. The number of ether oxygens (including phenoxy) is 1. The average Bonchev–Trinajstić information content (AvgIpc) is 3.13. The molecule has 0 amide bonds. The number of nitrogens with zero attached hydrogens (tertiary/aromatic N) is 1. The molecule has 1 aromatic rings. The van der Waals surface area contributed by atoms with Crippen molar-refractivity contribution in [2.75, 3.05) is 0 Å². The zero-order chi connectivity index (χ0) is 19.0. The highest BCUT2D eigenvalue weighted by molar-refractivity contribution is 6.08. The van der Waals surface area contributed by atoms with Gasteiger partial charge in [0.05, 0.1) is 0 Å². The summed E-state index contributed by atoms with van der Waals surface area (Å²) in [5.41, 5.74) is 2.62. The fourth-order valence-electron chi connectivity index (χ4n) is 4.62. The second kappa shape index (κ2) is 7.37. The molecule has 0 spiro atoms. The molecule has 3 aliphatic rings. The Kier molecular flexibility index (Phi) is 4.94. The van der Waals surface area contributed by atoms with Crippen LogP contribution in [0.25, 0.3) is 0 Å². The van der Waals surface area contributed by atoms with Gasteiger partial charge in [-0.2, -0.15) is 0 Å². The van der Waals surface area contributed by atoms with E-state index in [4.69, 9.17) is 4.74 Å². The first-order chi connectivity index (χ1) is 13.0. The monoisotopic (exact) mass is 369 g/mol. The second-order valence-electron chi connectivity index (χ2n) is 7.74. The third-order valence-corrected chi connectivity index (χ3v) is 5.88. The molecule has 0 aromatic heterocycles. The Morgan fingerprint density at radius 1 is 1.19 bits per heavy atom. The number of aliphatic imine (C=N–C) groups is 1. The number of carbonyl (C=O) groups is 2. The predicted molar refractivity (Wildman–Crippen MR) is 100.0 cm³/mol. The van der Waals surface area contributed by atoms with Crippen LogP contribution in [0.5, 0.6) is 0 Å². The molecule has 0 saturated heterocycles. The van der Waals surface area contributed by atoms with E-state index in [2.05, 4.69) is 4.99 Å². The van der Waals surface area contributed by atoms with Crippen molar-refractivity contribution >= 4 is 17.5 Å². The lowest BCUT2D eigenvalue weighted by Gasteiger charge is -2.35. The molecule has 27 heavy (non-hydrogen) atoms. The van der Waals surface area contributed by atoms with Crippen LogP contribution in [-0.2, 0) is 14.3 Å². The lowest BCUT2D eigenvalue weighted by atomic mass is 9.72. The minimum atomic E-state index is -0.673. The van der Waals surface area contributed by atoms with E-state index in [1.54, 1.807) is 12.1 Å². The Balaban J connectivity index is 1.76. The van der Waals surface area contributed by atoms with Crippen molar-refractivity contribution in [2.24, 2.45) is 10.9 Å². The first-order valence-corrected chi connectivity index (χ1v) is 9.82. The lowest BCUT2D eigenvalue weighted by molar-refractivity contribution is -0.151. The summed E-state index contributed by atoms with van der Waals surface area (Å²) in [6, 6.07) is 6.20. The molecule has 2 atom stereocenters. The second-order valence-corrected chi connectivity index (χ2v) is 7.74. The van der Waals surface area contributed by atoms with Crippen molar-refractivity contribution < 1.29 is 18.7 Å². The Morgan fingerprint density at radius 3 is 2.70 bits per heavy atom. The highest BCUT2D eigenvalue weighted by Crippen LogP contribution is 2.44. The van der Waals surface area contributed by atoms with Crippen LogP contribution in [0.3, 0.4) is 0 Å². The fraction of sp³-hybridized carbons (Fsp3) is 0.500. The van der Waals surface area contributed by atoms with Crippen molar-refractivity contribution in [3.05, 3.63) is 46.9 Å². The van der Waals surface area contributed by atoms with Gasteiger partial charge in [0.1, 0.15) is 17.8 Å². The van der Waals surface area contributed by atoms with Crippen molar-refractivity contribution in [3.8, 4) is 0 Å². The normalized spacial score (nSPS) is 26.0. The van der Waals surface area contributed by atoms with Gasteiger partial charge < -0.3 is 4.74 Å². The average molecular weight is 369 g/mol. The summed E-state index contributed by atoms with van der Waals surface area (Å²) in [6.07, 6.45) is 5.77. The molecule has 142 valence electrons. The molecule has 2 aliphatic carbocycles. The van der Waals surface area contributed by atoms with E-state index in [0.717, 1.165) is 37.8 Å². The van der Waals surface area contributed by atoms with Gasteiger partial charge in [0.2, 0.25) is 0 Å². The van der Waals surface area contributed by atoms with Crippen molar-refractivity contribution in [2.45, 2.75) is 63.9 Å². The number of benzene rings is 1. The summed E-state index contributed by atoms with van der Waals surface area (Å²) in [5, 5.41) is 0. The molecule has 1 aromatic carbocycles. The zero-order valence-corrected chi connectivity index (χ0v) is 15.5. The number of carbonyl (C=O) groups excluding carboxylic acids is 2. The number of halogens is 1. The van der Waals surface area contributed by atoms with Gasteiger partial charge in [0.25, 0.3) is 0 Å². The van der Waals surface area contributed by atoms with Crippen LogP contribution in [0.1, 0.15) is 63.4 Å². The molecule has 5 heteroatoms. The van der Waals surface area contributed by atoms with Gasteiger partial charge in [-0.15, -0.1) is 0 Å². The van der Waals surface area contributed by atoms with Gasteiger partial charge in [-0.05, 0) is 63.1 Å². The third-order valence-electron chi connectivity index (χ3n) is 5.88. The standard InChI is InChI=1S/C22H24FNO3/c1-13-19(22(26)27-16-8-2-3-9-16)20(14-6-4-7-15(23)12-14)21-17(24-13)10-5-11-18(21)25/h4,6-7,12,16,19-20H,2-3,5,8-11H2,1H3/t19?,20-/m0/s1. The Labute approximate surface area is 158 Å². The lowest BCUT2D eigenvalue weighted by Crippen LogP contribution is -2.38. The molecule has 1 saturated carbocycles. The first kappa shape index (κ1) is 18.1. The van der Waals surface area contributed by atoms with E-state index < -0.39 is 11.8 Å². The summed E-state index contributed by atoms with van der Waals surface area (Å²) in [4.78, 5) is 30.4. The maximum absolute atomic E-state index is 13.9. The van der Waals surface area contributed by atoms with Crippen LogP contribution in [0.2, 0.25) is 0 Å². The molecule has 4 nitrogen and oxygen atoms in total. The van der Waals surface area contributed by atoms with E-state index in [1.165, 1.54) is 12.1 Å². The highest BCUT2D eigenvalue weighted by Gasteiger charge is 2.43. The Hall–Kier alpha value is -2.30. The minimum Gasteiger partial charge on any atom is -0.462 e. The van der Waals surface area contributed by atoms with E-state index in [-0.39, 0.29) is 23.7 Å². The van der Waals surface area contributed by atoms with Gasteiger partial charge in [0.15, 0.2) is 5.78 Å². The van der Waals surface area contributed by atoms with Crippen molar-refractivity contribution in [1.82, 2.24) is 0 Å². The molecule has 1 unspecified atom stereocenters. The summed E-state index contributed by atoms with van der Waals surface area (Å²) >= 11 is 0. The van der Waals surface area contributed by atoms with E-state index in [0.29, 0.717) is 29.7 Å². The maximum atomic E-state index is 13.9. The summed E-state index contributed by atoms with van der Waals surface area (Å²) in [7, 11) is 0. The topological polar surface area (TPSA) is 55.7 Å². The smallest absolute Gasteiger partial charge is 0.315 e. The summed E-state index contributed by atoms with van der Waals surface area (Å²) in [5.74, 6) is -1.90. The minimum absolute atomic E-state index is 0.0143. The number of rotatable bonds is 3. The predicted octanol–water partition coefficient (Wildman–Crippen LogP) is 4.49. The van der Waals surface area contributed by atoms with Gasteiger partial charge in [-0.1, -0.05) is 12.1 Å². The zero-order valence-electron chi connectivity index (χ0n) is 15.5. The summed E-state index contributed by atoms with van der Waals surface area (Å²) < 4.78 is 19.7. The molecule has 0 bridgehead atoms. The van der Waals surface area contributed by atoms with Crippen LogP contribution in [-0.4, -0.2) is 23.6 Å². The first-order valence-electron chi connectivity index (χ1n) is 9.82. The Bertz CT molecular complexity index is 836. The Morgan fingerprint density at radius 2 is 1.96 bits per heavy atom. The molecule has 1 heterocycles. The number of ketones is 1. The van der Waals surface area contributed by atoms with E-state index in [1.807, 2.05) is 6.92 Å². The largest absolute Gasteiger partial charge is 0.462 e. The fourth-order valence-corrected chi connectivity index (χ4v) is 4.62. The van der Waals surface area contributed by atoms with Crippen molar-refractivity contribution in [3.63, 3.8) is 0 Å². The van der Waals surface area contributed by atoms with Gasteiger partial charge in [0, 0.05) is 29.3 Å². The van der Waals surface area contributed by atoms with Crippen LogP contribution in [0, 0.1) is 11.7 Å². The quantitative estimate of drug-likeness (QED) is 0.738. The molecule has 0 N–H and O–H groups in total. The number of hydrogen-bond donors (Lipinski definition) is 0. The molecular formula is C22H24FNO3. The van der Waals surface area contributed by atoms with E-state index in [9.17, 15) is 14.0 Å². The number of hydrogen-bond acceptors (Lipinski definition) is 4. The van der Waals surface area contributed by atoms with Gasteiger partial charge in [-0.25, -0.2) is 4.39 Å². The van der Waals surface area contributed by atoms with Crippen LogP contribution >= 0.6 is 0 Å².